The molecular formula is C26H31ClO3. The Bertz CT molecular complexity index is 771. The van der Waals surface area contributed by atoms with Crippen LogP contribution in [0, 0.1) is 5.92 Å². The lowest BCUT2D eigenvalue weighted by molar-refractivity contribution is -0.300. The topological polar surface area (TPSA) is 35.5 Å². The van der Waals surface area contributed by atoms with Gasteiger partial charge >= 0.3 is 0 Å². The zero-order valence-corrected chi connectivity index (χ0v) is 18.3. The molecule has 0 unspecified atom stereocenters. The van der Waals surface area contributed by atoms with Crippen molar-refractivity contribution in [3.63, 3.8) is 0 Å². The van der Waals surface area contributed by atoms with E-state index in [0.717, 1.165) is 38.0 Å². The number of rotatable bonds is 8. The molecule has 2 aromatic rings. The molecule has 0 aromatic heterocycles. The smallest absolute Gasteiger partial charge is 0.178 e. The molecule has 160 valence electrons. The minimum atomic E-state index is -0.753. The first-order chi connectivity index (χ1) is 14.7. The zero-order chi connectivity index (χ0) is 20.9. The van der Waals surface area contributed by atoms with Gasteiger partial charge in [-0.3, -0.25) is 4.79 Å². The number of benzene rings is 2. The van der Waals surface area contributed by atoms with Crippen LogP contribution in [0.5, 0.6) is 0 Å². The molecule has 0 radical (unpaired) electrons. The highest BCUT2D eigenvalue weighted by molar-refractivity contribution is 6.17. The van der Waals surface area contributed by atoms with Crippen molar-refractivity contribution in [3.05, 3.63) is 71.8 Å². The molecule has 0 bridgehead atoms. The van der Waals surface area contributed by atoms with Gasteiger partial charge in [0.25, 0.3) is 0 Å². The molecule has 4 rings (SSSR count). The van der Waals surface area contributed by atoms with Crippen molar-refractivity contribution in [2.75, 3.05) is 19.1 Å². The Morgan fingerprint density at radius 1 is 0.833 bits per heavy atom. The Hall–Kier alpha value is -1.68. The number of halogens is 1. The second kappa shape index (κ2) is 9.64. The van der Waals surface area contributed by atoms with E-state index in [0.29, 0.717) is 26.1 Å². The first kappa shape index (κ1) is 21.5. The van der Waals surface area contributed by atoms with Crippen LogP contribution in [0.2, 0.25) is 0 Å². The molecule has 2 fully saturated rings. The van der Waals surface area contributed by atoms with Gasteiger partial charge in [-0.05, 0) is 24.0 Å². The SMILES string of the molecule is O=C1C[C@H](CCCCCCCl)C2(C1)OCC(c1ccccc1)(c1ccccc1)CO2. The number of carbonyl (C=O) groups excluding carboxylic acids is 1. The molecule has 0 amide bonds. The number of hydrogen-bond acceptors (Lipinski definition) is 3. The maximum absolute atomic E-state index is 12.4. The number of carbonyl (C=O) groups is 1. The van der Waals surface area contributed by atoms with Gasteiger partial charge in [0.15, 0.2) is 5.79 Å². The summed E-state index contributed by atoms with van der Waals surface area (Å²) in [6.07, 6.45) is 6.34. The van der Waals surface area contributed by atoms with Crippen LogP contribution in [0.25, 0.3) is 0 Å². The monoisotopic (exact) mass is 426 g/mol. The Morgan fingerprint density at radius 3 is 1.97 bits per heavy atom. The maximum Gasteiger partial charge on any atom is 0.178 e. The largest absolute Gasteiger partial charge is 0.348 e. The predicted octanol–water partition coefficient (Wildman–Crippen LogP) is 5.88. The third kappa shape index (κ3) is 4.34. The lowest BCUT2D eigenvalue weighted by Crippen LogP contribution is -2.54. The fraction of sp³-hybridized carbons (Fsp3) is 0.500. The van der Waals surface area contributed by atoms with E-state index < -0.39 is 5.79 Å². The molecule has 2 aromatic carbocycles. The highest BCUT2D eigenvalue weighted by Crippen LogP contribution is 2.47. The summed E-state index contributed by atoms with van der Waals surface area (Å²) in [5.41, 5.74) is 2.02. The standard InChI is InChI=1S/C26H31ClO3/c27-16-10-2-1-5-15-23-17-24(28)18-26(23)29-19-25(20-30-26,21-11-6-3-7-12-21)22-13-8-4-9-14-22/h3-4,6-9,11-14,23H,1-2,5,10,15-20H2/t23-/m0/s1. The summed E-state index contributed by atoms with van der Waals surface area (Å²) in [7, 11) is 0. The molecule has 1 atom stereocenters. The van der Waals surface area contributed by atoms with Crippen LogP contribution in [-0.2, 0) is 19.7 Å². The average molecular weight is 427 g/mol. The molecule has 1 aliphatic carbocycles. The number of alkyl halides is 1. The number of ketones is 1. The van der Waals surface area contributed by atoms with Gasteiger partial charge < -0.3 is 9.47 Å². The van der Waals surface area contributed by atoms with Gasteiger partial charge in [0.05, 0.1) is 25.0 Å². The van der Waals surface area contributed by atoms with Gasteiger partial charge in [0.2, 0.25) is 0 Å². The van der Waals surface area contributed by atoms with Crippen molar-refractivity contribution in [3.8, 4) is 0 Å². The minimum absolute atomic E-state index is 0.144. The van der Waals surface area contributed by atoms with Gasteiger partial charge in [0.1, 0.15) is 5.78 Å². The molecular weight excluding hydrogens is 396 g/mol. The summed E-state index contributed by atoms with van der Waals surface area (Å²) in [5.74, 6) is 0.369. The zero-order valence-electron chi connectivity index (χ0n) is 17.5. The Kier molecular flexibility index (Phi) is 6.92. The van der Waals surface area contributed by atoms with Crippen LogP contribution in [0.4, 0.5) is 0 Å². The lowest BCUT2D eigenvalue weighted by atomic mass is 9.74. The summed E-state index contributed by atoms with van der Waals surface area (Å²) in [5, 5.41) is 0. The van der Waals surface area contributed by atoms with E-state index in [4.69, 9.17) is 21.1 Å². The van der Waals surface area contributed by atoms with E-state index in [-0.39, 0.29) is 17.1 Å². The first-order valence-corrected chi connectivity index (χ1v) is 11.7. The number of unbranched alkanes of at least 4 members (excludes halogenated alkanes) is 3. The summed E-state index contributed by atoms with van der Waals surface area (Å²) in [4.78, 5) is 12.4. The van der Waals surface area contributed by atoms with E-state index in [2.05, 4.69) is 48.5 Å². The Labute approximate surface area is 184 Å². The predicted molar refractivity (Wildman–Crippen MR) is 120 cm³/mol. The van der Waals surface area contributed by atoms with Crippen LogP contribution in [0.1, 0.15) is 56.1 Å². The van der Waals surface area contributed by atoms with Crippen LogP contribution < -0.4 is 0 Å². The lowest BCUT2D eigenvalue weighted by Gasteiger charge is -2.47. The molecule has 1 heterocycles. The van der Waals surface area contributed by atoms with Gasteiger partial charge in [-0.2, -0.15) is 0 Å². The van der Waals surface area contributed by atoms with Crippen LogP contribution in [0.3, 0.4) is 0 Å². The summed E-state index contributed by atoms with van der Waals surface area (Å²) < 4.78 is 13.1. The molecule has 2 aliphatic rings. The normalized spacial score (nSPS) is 22.4. The van der Waals surface area contributed by atoms with Crippen molar-refractivity contribution in [2.24, 2.45) is 5.92 Å². The minimum Gasteiger partial charge on any atom is -0.348 e. The molecule has 1 spiro atoms. The summed E-state index contributed by atoms with van der Waals surface area (Å²) in [6.45, 7) is 1.05. The highest BCUT2D eigenvalue weighted by Gasteiger charge is 2.54. The van der Waals surface area contributed by atoms with Crippen LogP contribution in [-0.4, -0.2) is 30.7 Å². The number of ether oxygens (including phenoxy) is 2. The van der Waals surface area contributed by atoms with Gasteiger partial charge in [-0.25, -0.2) is 0 Å². The van der Waals surface area contributed by atoms with Crippen molar-refractivity contribution in [1.29, 1.82) is 0 Å². The van der Waals surface area contributed by atoms with Crippen molar-refractivity contribution in [1.82, 2.24) is 0 Å². The third-order valence-electron chi connectivity index (χ3n) is 6.75. The van der Waals surface area contributed by atoms with Crippen molar-refractivity contribution in [2.45, 2.75) is 56.1 Å². The van der Waals surface area contributed by atoms with E-state index in [9.17, 15) is 4.79 Å². The van der Waals surface area contributed by atoms with Crippen molar-refractivity contribution >= 4 is 17.4 Å². The van der Waals surface area contributed by atoms with Gasteiger partial charge in [-0.1, -0.05) is 79.9 Å². The van der Waals surface area contributed by atoms with E-state index in [1.165, 1.54) is 11.1 Å². The van der Waals surface area contributed by atoms with E-state index >= 15 is 0 Å². The summed E-state index contributed by atoms with van der Waals surface area (Å²) >= 11 is 5.79. The van der Waals surface area contributed by atoms with Crippen LogP contribution in [0.15, 0.2) is 60.7 Å². The Balaban J connectivity index is 1.52. The molecule has 0 N–H and O–H groups in total. The molecule has 1 saturated carbocycles. The quantitative estimate of drug-likeness (QED) is 0.390. The molecule has 1 aliphatic heterocycles. The number of hydrogen-bond donors (Lipinski definition) is 0. The maximum atomic E-state index is 12.4. The van der Waals surface area contributed by atoms with Gasteiger partial charge in [0, 0.05) is 18.2 Å². The highest BCUT2D eigenvalue weighted by atomic mass is 35.5. The molecule has 1 saturated heterocycles. The average Bonchev–Trinajstić information content (AvgIpc) is 3.10. The fourth-order valence-electron chi connectivity index (χ4n) is 5.01. The van der Waals surface area contributed by atoms with Crippen LogP contribution >= 0.6 is 11.6 Å². The second-order valence-corrected chi connectivity index (χ2v) is 9.09. The Morgan fingerprint density at radius 2 is 1.40 bits per heavy atom. The second-order valence-electron chi connectivity index (χ2n) is 8.71. The third-order valence-corrected chi connectivity index (χ3v) is 7.02. The first-order valence-electron chi connectivity index (χ1n) is 11.2. The molecule has 30 heavy (non-hydrogen) atoms. The van der Waals surface area contributed by atoms with Gasteiger partial charge in [-0.15, -0.1) is 11.6 Å². The molecule has 3 nitrogen and oxygen atoms in total. The van der Waals surface area contributed by atoms with Crippen molar-refractivity contribution < 1.29 is 14.3 Å². The number of Topliss-reactive ketones (excluding diaryl/α,β-unsaturated/α-hetero) is 1. The molecule has 4 heteroatoms. The summed E-state index contributed by atoms with van der Waals surface area (Å²) in [6, 6.07) is 20.9. The van der Waals surface area contributed by atoms with E-state index in [1.54, 1.807) is 0 Å². The van der Waals surface area contributed by atoms with E-state index in [1.807, 2.05) is 12.1 Å². The fourth-order valence-corrected chi connectivity index (χ4v) is 5.20.